The molecule has 0 radical (unpaired) electrons. The van der Waals surface area contributed by atoms with Crippen LogP contribution in [0.4, 0.5) is 0 Å². The lowest BCUT2D eigenvalue weighted by Crippen LogP contribution is -2.51. The highest BCUT2D eigenvalue weighted by Crippen LogP contribution is 2.52. The SMILES string of the molecule is CC12CCC(O1)C(C)(C)C2N. The first-order valence-corrected chi connectivity index (χ1v) is 4.40. The van der Waals surface area contributed by atoms with Gasteiger partial charge in [0.25, 0.3) is 0 Å². The quantitative estimate of drug-likeness (QED) is 0.572. The van der Waals surface area contributed by atoms with Crippen molar-refractivity contribution in [2.24, 2.45) is 11.1 Å². The fourth-order valence-corrected chi connectivity index (χ4v) is 2.60. The standard InChI is InChI=1S/C9H17NO/c1-8(2)6-4-5-9(3,11-6)7(8)10/h6-7H,4-5,10H2,1-3H3. The molecule has 2 aliphatic heterocycles. The highest BCUT2D eigenvalue weighted by atomic mass is 16.5. The van der Waals surface area contributed by atoms with Crippen LogP contribution in [0.25, 0.3) is 0 Å². The van der Waals surface area contributed by atoms with Crippen LogP contribution in [0, 0.1) is 5.41 Å². The summed E-state index contributed by atoms with van der Waals surface area (Å²) in [5.74, 6) is 0. The smallest absolute Gasteiger partial charge is 0.0815 e. The van der Waals surface area contributed by atoms with Crippen LogP contribution in [0.2, 0.25) is 0 Å². The lowest BCUT2D eigenvalue weighted by atomic mass is 9.69. The number of ether oxygens (including phenoxy) is 1. The molecule has 0 aromatic rings. The van der Waals surface area contributed by atoms with Gasteiger partial charge in [-0.3, -0.25) is 0 Å². The van der Waals surface area contributed by atoms with Gasteiger partial charge < -0.3 is 10.5 Å². The molecule has 2 aliphatic rings. The highest BCUT2D eigenvalue weighted by Gasteiger charge is 2.59. The summed E-state index contributed by atoms with van der Waals surface area (Å²) in [6.45, 7) is 6.58. The average Bonchev–Trinajstić information content (AvgIpc) is 2.36. The largest absolute Gasteiger partial charge is 0.370 e. The molecule has 0 saturated carbocycles. The van der Waals surface area contributed by atoms with Gasteiger partial charge in [-0.2, -0.15) is 0 Å². The van der Waals surface area contributed by atoms with Crippen LogP contribution in [0.5, 0.6) is 0 Å². The first-order chi connectivity index (χ1) is 4.97. The topological polar surface area (TPSA) is 35.2 Å². The summed E-state index contributed by atoms with van der Waals surface area (Å²) >= 11 is 0. The molecular formula is C9H17NO. The molecule has 64 valence electrons. The summed E-state index contributed by atoms with van der Waals surface area (Å²) in [5, 5.41) is 0. The maximum absolute atomic E-state index is 6.11. The summed E-state index contributed by atoms with van der Waals surface area (Å²) < 4.78 is 5.86. The van der Waals surface area contributed by atoms with E-state index in [2.05, 4.69) is 20.8 Å². The molecule has 0 spiro atoms. The molecule has 3 atom stereocenters. The minimum absolute atomic E-state index is 0.0197. The number of rotatable bonds is 0. The molecule has 2 bridgehead atoms. The van der Waals surface area contributed by atoms with Crippen molar-refractivity contribution in [2.45, 2.75) is 51.4 Å². The van der Waals surface area contributed by atoms with Gasteiger partial charge in [-0.25, -0.2) is 0 Å². The van der Waals surface area contributed by atoms with E-state index >= 15 is 0 Å². The zero-order valence-corrected chi connectivity index (χ0v) is 7.55. The van der Waals surface area contributed by atoms with Crippen LogP contribution in [-0.4, -0.2) is 17.7 Å². The fraction of sp³-hybridized carbons (Fsp3) is 1.00. The van der Waals surface area contributed by atoms with Crippen molar-refractivity contribution in [3.63, 3.8) is 0 Å². The Morgan fingerprint density at radius 3 is 2.27 bits per heavy atom. The molecule has 2 heteroatoms. The van der Waals surface area contributed by atoms with Gasteiger partial charge >= 0.3 is 0 Å². The fourth-order valence-electron chi connectivity index (χ4n) is 2.60. The Hall–Kier alpha value is -0.0800. The van der Waals surface area contributed by atoms with Crippen molar-refractivity contribution in [2.75, 3.05) is 0 Å². The Bertz CT molecular complexity index is 185. The summed E-state index contributed by atoms with van der Waals surface area (Å²) in [5.41, 5.74) is 6.27. The van der Waals surface area contributed by atoms with E-state index in [0.717, 1.165) is 6.42 Å². The monoisotopic (exact) mass is 155 g/mol. The van der Waals surface area contributed by atoms with Gasteiger partial charge in [0.15, 0.2) is 0 Å². The zero-order valence-electron chi connectivity index (χ0n) is 7.55. The van der Waals surface area contributed by atoms with Crippen molar-refractivity contribution in [1.82, 2.24) is 0 Å². The minimum Gasteiger partial charge on any atom is -0.370 e. The highest BCUT2D eigenvalue weighted by molar-refractivity contribution is 5.11. The van der Waals surface area contributed by atoms with Gasteiger partial charge in [0.2, 0.25) is 0 Å². The molecule has 2 N–H and O–H groups in total. The van der Waals surface area contributed by atoms with Gasteiger partial charge in [-0.1, -0.05) is 13.8 Å². The Labute approximate surface area is 68.1 Å². The second kappa shape index (κ2) is 1.80. The van der Waals surface area contributed by atoms with Crippen molar-refractivity contribution < 1.29 is 4.74 Å². The van der Waals surface area contributed by atoms with Crippen LogP contribution < -0.4 is 5.73 Å². The van der Waals surface area contributed by atoms with E-state index in [0.29, 0.717) is 6.10 Å². The number of nitrogens with two attached hydrogens (primary N) is 1. The third-order valence-electron chi connectivity index (χ3n) is 3.60. The summed E-state index contributed by atoms with van der Waals surface area (Å²) in [7, 11) is 0. The van der Waals surface area contributed by atoms with E-state index in [-0.39, 0.29) is 17.1 Å². The Balaban J connectivity index is 2.34. The predicted molar refractivity (Wildman–Crippen MR) is 44.3 cm³/mol. The molecule has 0 aliphatic carbocycles. The summed E-state index contributed by atoms with van der Waals surface area (Å²) in [4.78, 5) is 0. The van der Waals surface area contributed by atoms with Gasteiger partial charge in [0, 0.05) is 11.5 Å². The Morgan fingerprint density at radius 1 is 1.36 bits per heavy atom. The molecular weight excluding hydrogens is 138 g/mol. The second-order valence-electron chi connectivity index (χ2n) is 4.76. The Morgan fingerprint density at radius 2 is 2.00 bits per heavy atom. The number of hydrogen-bond donors (Lipinski definition) is 1. The van der Waals surface area contributed by atoms with Crippen LogP contribution in [0.1, 0.15) is 33.6 Å². The van der Waals surface area contributed by atoms with Crippen LogP contribution >= 0.6 is 0 Å². The van der Waals surface area contributed by atoms with E-state index in [1.54, 1.807) is 0 Å². The van der Waals surface area contributed by atoms with Crippen molar-refractivity contribution in [3.05, 3.63) is 0 Å². The van der Waals surface area contributed by atoms with E-state index in [1.165, 1.54) is 6.42 Å². The predicted octanol–water partition coefficient (Wildman–Crippen LogP) is 1.29. The minimum atomic E-state index is -0.0197. The lowest BCUT2D eigenvalue weighted by molar-refractivity contribution is 0.0151. The molecule has 2 saturated heterocycles. The third-order valence-corrected chi connectivity index (χ3v) is 3.60. The summed E-state index contributed by atoms with van der Waals surface area (Å²) in [6, 6.07) is 0.216. The van der Waals surface area contributed by atoms with Crippen molar-refractivity contribution in [1.29, 1.82) is 0 Å². The van der Waals surface area contributed by atoms with Gasteiger partial charge in [0.05, 0.1) is 11.7 Å². The van der Waals surface area contributed by atoms with Crippen LogP contribution in [0.3, 0.4) is 0 Å². The molecule has 2 nitrogen and oxygen atoms in total. The van der Waals surface area contributed by atoms with E-state index in [9.17, 15) is 0 Å². The molecule has 0 aromatic heterocycles. The lowest BCUT2D eigenvalue weighted by Gasteiger charge is -2.36. The van der Waals surface area contributed by atoms with Crippen molar-refractivity contribution >= 4 is 0 Å². The first-order valence-electron chi connectivity index (χ1n) is 4.40. The van der Waals surface area contributed by atoms with Gasteiger partial charge in [-0.15, -0.1) is 0 Å². The molecule has 11 heavy (non-hydrogen) atoms. The Kier molecular flexibility index (Phi) is 1.24. The maximum Gasteiger partial charge on any atom is 0.0815 e. The number of hydrogen-bond acceptors (Lipinski definition) is 2. The van der Waals surface area contributed by atoms with Crippen LogP contribution in [-0.2, 0) is 4.74 Å². The second-order valence-corrected chi connectivity index (χ2v) is 4.76. The normalized spacial score (nSPS) is 53.5. The molecule has 2 heterocycles. The first kappa shape index (κ1) is 7.56. The molecule has 3 unspecified atom stereocenters. The van der Waals surface area contributed by atoms with E-state index in [1.807, 2.05) is 0 Å². The van der Waals surface area contributed by atoms with Crippen LogP contribution in [0.15, 0.2) is 0 Å². The maximum atomic E-state index is 6.11. The summed E-state index contributed by atoms with van der Waals surface area (Å²) in [6.07, 6.45) is 2.74. The van der Waals surface area contributed by atoms with Gasteiger partial charge in [0.1, 0.15) is 0 Å². The molecule has 0 aromatic carbocycles. The number of fused-ring (bicyclic) bond motifs is 2. The van der Waals surface area contributed by atoms with E-state index < -0.39 is 0 Å². The zero-order chi connectivity index (χ0) is 8.28. The third kappa shape index (κ3) is 0.744. The van der Waals surface area contributed by atoms with Crippen molar-refractivity contribution in [3.8, 4) is 0 Å². The van der Waals surface area contributed by atoms with Gasteiger partial charge in [-0.05, 0) is 19.8 Å². The molecule has 2 fully saturated rings. The average molecular weight is 155 g/mol. The van der Waals surface area contributed by atoms with E-state index in [4.69, 9.17) is 10.5 Å². The molecule has 2 rings (SSSR count). The molecule has 0 amide bonds.